The molecule has 1 saturated carbocycles. The van der Waals surface area contributed by atoms with Crippen molar-refractivity contribution in [3.05, 3.63) is 28.2 Å². The predicted octanol–water partition coefficient (Wildman–Crippen LogP) is 3.24. The molecule has 0 aliphatic heterocycles. The first kappa shape index (κ1) is 13.8. The van der Waals surface area contributed by atoms with Crippen LogP contribution in [0.4, 0.5) is 0 Å². The fraction of sp³-hybridized carbons (Fsp3) is 0.571. The van der Waals surface area contributed by atoms with Gasteiger partial charge < -0.3 is 15.2 Å². The van der Waals surface area contributed by atoms with Gasteiger partial charge in [0.2, 0.25) is 0 Å². The fourth-order valence-electron chi connectivity index (χ4n) is 2.27. The van der Waals surface area contributed by atoms with Crippen molar-refractivity contribution >= 4 is 15.9 Å². The standard InChI is InChI=1S/C14H20BrNO2/c1-17-14-7-2-10(8-13(14)15)9-18-12-5-3-11(16)4-6-12/h2,7-8,11-12H,3-6,9,16H2,1H3. The summed E-state index contributed by atoms with van der Waals surface area (Å²) in [4.78, 5) is 0. The van der Waals surface area contributed by atoms with Gasteiger partial charge in [-0.15, -0.1) is 0 Å². The van der Waals surface area contributed by atoms with Crippen LogP contribution in [-0.2, 0) is 11.3 Å². The van der Waals surface area contributed by atoms with Crippen LogP contribution >= 0.6 is 15.9 Å². The van der Waals surface area contributed by atoms with Gasteiger partial charge in [0.15, 0.2) is 0 Å². The predicted molar refractivity (Wildman–Crippen MR) is 75.7 cm³/mol. The van der Waals surface area contributed by atoms with Gasteiger partial charge in [0.25, 0.3) is 0 Å². The van der Waals surface area contributed by atoms with Gasteiger partial charge in [-0.05, 0) is 59.3 Å². The fourth-order valence-corrected chi connectivity index (χ4v) is 2.86. The van der Waals surface area contributed by atoms with Crippen LogP contribution in [0.3, 0.4) is 0 Å². The third-order valence-electron chi connectivity index (χ3n) is 3.42. The molecule has 4 heteroatoms. The van der Waals surface area contributed by atoms with Crippen LogP contribution in [0.2, 0.25) is 0 Å². The van der Waals surface area contributed by atoms with Crippen molar-refractivity contribution in [1.82, 2.24) is 0 Å². The zero-order chi connectivity index (χ0) is 13.0. The van der Waals surface area contributed by atoms with Gasteiger partial charge in [-0.3, -0.25) is 0 Å². The minimum atomic E-state index is 0.366. The SMILES string of the molecule is COc1ccc(COC2CCC(N)CC2)cc1Br. The number of methoxy groups -OCH3 is 1. The van der Waals surface area contributed by atoms with Crippen LogP contribution in [0.1, 0.15) is 31.2 Å². The Morgan fingerprint density at radius 3 is 2.61 bits per heavy atom. The topological polar surface area (TPSA) is 44.5 Å². The lowest BCUT2D eigenvalue weighted by molar-refractivity contribution is 0.0138. The highest BCUT2D eigenvalue weighted by atomic mass is 79.9. The number of rotatable bonds is 4. The maximum Gasteiger partial charge on any atom is 0.133 e. The Bertz CT molecular complexity index is 389. The molecule has 0 aromatic heterocycles. The van der Waals surface area contributed by atoms with E-state index >= 15 is 0 Å². The normalized spacial score (nSPS) is 23.9. The molecule has 0 heterocycles. The Hall–Kier alpha value is -0.580. The van der Waals surface area contributed by atoms with Crippen LogP contribution in [-0.4, -0.2) is 19.3 Å². The number of ether oxygens (including phenoxy) is 2. The first-order chi connectivity index (χ1) is 8.69. The van der Waals surface area contributed by atoms with E-state index in [2.05, 4.69) is 15.9 Å². The molecule has 3 nitrogen and oxygen atoms in total. The van der Waals surface area contributed by atoms with Gasteiger partial charge in [0.1, 0.15) is 5.75 Å². The number of hydrogen-bond donors (Lipinski definition) is 1. The zero-order valence-corrected chi connectivity index (χ0v) is 12.3. The molecule has 0 spiro atoms. The third-order valence-corrected chi connectivity index (χ3v) is 4.04. The average molecular weight is 314 g/mol. The second-order valence-electron chi connectivity index (χ2n) is 4.82. The average Bonchev–Trinajstić information content (AvgIpc) is 2.38. The van der Waals surface area contributed by atoms with Crippen molar-refractivity contribution in [2.75, 3.05) is 7.11 Å². The van der Waals surface area contributed by atoms with E-state index < -0.39 is 0 Å². The molecule has 1 fully saturated rings. The van der Waals surface area contributed by atoms with Crippen molar-refractivity contribution in [3.63, 3.8) is 0 Å². The smallest absolute Gasteiger partial charge is 0.133 e. The molecule has 1 aromatic carbocycles. The molecule has 0 atom stereocenters. The quantitative estimate of drug-likeness (QED) is 0.928. The first-order valence-corrected chi connectivity index (χ1v) is 7.18. The Morgan fingerprint density at radius 2 is 2.00 bits per heavy atom. The van der Waals surface area contributed by atoms with E-state index in [9.17, 15) is 0 Å². The van der Waals surface area contributed by atoms with Crippen LogP contribution in [0.15, 0.2) is 22.7 Å². The van der Waals surface area contributed by atoms with Crippen molar-refractivity contribution < 1.29 is 9.47 Å². The summed E-state index contributed by atoms with van der Waals surface area (Å²) in [6.45, 7) is 0.655. The Labute approximate surface area is 117 Å². The summed E-state index contributed by atoms with van der Waals surface area (Å²) in [5.41, 5.74) is 7.04. The summed E-state index contributed by atoms with van der Waals surface area (Å²) < 4.78 is 12.1. The van der Waals surface area contributed by atoms with Crippen LogP contribution in [0, 0.1) is 0 Å². The zero-order valence-electron chi connectivity index (χ0n) is 10.7. The molecule has 100 valence electrons. The highest BCUT2D eigenvalue weighted by molar-refractivity contribution is 9.10. The monoisotopic (exact) mass is 313 g/mol. The van der Waals surface area contributed by atoms with E-state index in [1.165, 1.54) is 0 Å². The van der Waals surface area contributed by atoms with Crippen molar-refractivity contribution in [2.24, 2.45) is 5.73 Å². The van der Waals surface area contributed by atoms with E-state index in [1.54, 1.807) is 7.11 Å². The first-order valence-electron chi connectivity index (χ1n) is 6.38. The molecule has 0 saturated heterocycles. The molecular weight excluding hydrogens is 294 g/mol. The number of hydrogen-bond acceptors (Lipinski definition) is 3. The largest absolute Gasteiger partial charge is 0.496 e. The van der Waals surface area contributed by atoms with Crippen LogP contribution < -0.4 is 10.5 Å². The van der Waals surface area contributed by atoms with E-state index in [0.29, 0.717) is 18.8 Å². The van der Waals surface area contributed by atoms with Gasteiger partial charge in [-0.1, -0.05) is 6.07 Å². The second-order valence-corrected chi connectivity index (χ2v) is 5.67. The summed E-state index contributed by atoms with van der Waals surface area (Å²) in [6.07, 6.45) is 4.69. The molecule has 18 heavy (non-hydrogen) atoms. The maximum atomic E-state index is 5.93. The minimum Gasteiger partial charge on any atom is -0.496 e. The number of nitrogens with two attached hydrogens (primary N) is 1. The molecule has 0 radical (unpaired) electrons. The van der Waals surface area contributed by atoms with E-state index in [0.717, 1.165) is 41.5 Å². The van der Waals surface area contributed by atoms with Gasteiger partial charge in [0.05, 0.1) is 24.3 Å². The molecule has 2 N–H and O–H groups in total. The van der Waals surface area contributed by atoms with Crippen molar-refractivity contribution in [3.8, 4) is 5.75 Å². The van der Waals surface area contributed by atoms with E-state index in [1.807, 2.05) is 18.2 Å². The number of halogens is 1. The molecule has 0 amide bonds. The lowest BCUT2D eigenvalue weighted by Crippen LogP contribution is -2.30. The highest BCUT2D eigenvalue weighted by Crippen LogP contribution is 2.27. The van der Waals surface area contributed by atoms with Crippen molar-refractivity contribution in [1.29, 1.82) is 0 Å². The Balaban J connectivity index is 1.84. The van der Waals surface area contributed by atoms with Crippen LogP contribution in [0.5, 0.6) is 5.75 Å². The van der Waals surface area contributed by atoms with Crippen LogP contribution in [0.25, 0.3) is 0 Å². The molecular formula is C14H20BrNO2. The molecule has 1 aliphatic rings. The molecule has 2 rings (SSSR count). The highest BCUT2D eigenvalue weighted by Gasteiger charge is 2.18. The molecule has 1 aromatic rings. The summed E-state index contributed by atoms with van der Waals surface area (Å²) in [7, 11) is 1.67. The van der Waals surface area contributed by atoms with Gasteiger partial charge >= 0.3 is 0 Å². The molecule has 1 aliphatic carbocycles. The number of benzene rings is 1. The lowest BCUT2D eigenvalue weighted by Gasteiger charge is -2.26. The summed E-state index contributed by atoms with van der Waals surface area (Å²) in [5.74, 6) is 0.849. The van der Waals surface area contributed by atoms with Crippen molar-refractivity contribution in [2.45, 2.75) is 44.4 Å². The summed E-state index contributed by atoms with van der Waals surface area (Å²) in [5, 5.41) is 0. The van der Waals surface area contributed by atoms with Gasteiger partial charge in [0, 0.05) is 6.04 Å². The second kappa shape index (κ2) is 6.55. The summed E-state index contributed by atoms with van der Waals surface area (Å²) in [6, 6.07) is 6.42. The lowest BCUT2D eigenvalue weighted by atomic mass is 9.94. The van der Waals surface area contributed by atoms with Gasteiger partial charge in [-0.25, -0.2) is 0 Å². The Morgan fingerprint density at radius 1 is 1.28 bits per heavy atom. The van der Waals surface area contributed by atoms with Gasteiger partial charge in [-0.2, -0.15) is 0 Å². The Kier molecular flexibility index (Phi) is 5.03. The summed E-state index contributed by atoms with van der Waals surface area (Å²) >= 11 is 3.48. The molecule has 0 bridgehead atoms. The maximum absolute atomic E-state index is 5.93. The van der Waals surface area contributed by atoms with E-state index in [4.69, 9.17) is 15.2 Å². The minimum absolute atomic E-state index is 0.366. The molecule has 0 unspecified atom stereocenters. The van der Waals surface area contributed by atoms with E-state index in [-0.39, 0.29) is 0 Å². The third kappa shape index (κ3) is 3.70.